The van der Waals surface area contributed by atoms with E-state index in [0.717, 1.165) is 51.4 Å². The first-order valence-corrected chi connectivity index (χ1v) is 7.32. The van der Waals surface area contributed by atoms with Crippen molar-refractivity contribution in [2.24, 2.45) is 11.7 Å². The summed E-state index contributed by atoms with van der Waals surface area (Å²) in [6.07, 6.45) is 6.50. The van der Waals surface area contributed by atoms with Gasteiger partial charge in [0.1, 0.15) is 0 Å². The molecule has 1 saturated heterocycles. The number of piperazine rings is 1. The van der Waals surface area contributed by atoms with Crippen LogP contribution in [-0.4, -0.2) is 53.0 Å². The zero-order valence-electron chi connectivity index (χ0n) is 12.4. The molecule has 2 unspecified atom stereocenters. The van der Waals surface area contributed by atoms with Gasteiger partial charge in [-0.3, -0.25) is 4.79 Å². The molecule has 2 N–H and O–H groups in total. The lowest BCUT2D eigenvalue weighted by Crippen LogP contribution is -2.52. The average Bonchev–Trinajstić information content (AvgIpc) is 2.94. The van der Waals surface area contributed by atoms with Crippen LogP contribution in [0.4, 0.5) is 5.95 Å². The highest BCUT2D eigenvalue weighted by molar-refractivity contribution is 5.85. The van der Waals surface area contributed by atoms with Crippen LogP contribution in [0.15, 0.2) is 18.5 Å². The number of aromatic nitrogens is 2. The summed E-state index contributed by atoms with van der Waals surface area (Å²) in [5.41, 5.74) is 6.03. The number of carbonyl (C=O) groups excluding carboxylic acids is 1. The Bertz CT molecular complexity index is 468. The first-order chi connectivity index (χ1) is 9.75. The van der Waals surface area contributed by atoms with Gasteiger partial charge in [-0.2, -0.15) is 0 Å². The van der Waals surface area contributed by atoms with Crippen molar-refractivity contribution in [1.29, 1.82) is 0 Å². The number of nitrogens with zero attached hydrogens (tertiary/aromatic N) is 4. The lowest BCUT2D eigenvalue weighted by Gasteiger charge is -2.36. The van der Waals surface area contributed by atoms with E-state index in [1.54, 1.807) is 12.4 Å². The number of amides is 1. The molecule has 6 nitrogen and oxygen atoms in total. The Balaban J connectivity index is 0.00000121. The summed E-state index contributed by atoms with van der Waals surface area (Å²) in [5.74, 6) is 1.02. The molecule has 1 aliphatic heterocycles. The summed E-state index contributed by atoms with van der Waals surface area (Å²) in [4.78, 5) is 25.0. The van der Waals surface area contributed by atoms with Crippen LogP contribution < -0.4 is 10.6 Å². The van der Waals surface area contributed by atoms with Crippen molar-refractivity contribution in [2.45, 2.75) is 25.3 Å². The maximum Gasteiger partial charge on any atom is 0.227 e. The second-order valence-electron chi connectivity index (χ2n) is 5.56. The highest BCUT2D eigenvalue weighted by atomic mass is 35.5. The van der Waals surface area contributed by atoms with Gasteiger partial charge in [-0.15, -0.1) is 24.8 Å². The molecule has 2 aliphatic rings. The summed E-state index contributed by atoms with van der Waals surface area (Å²) in [5, 5.41) is 0. The number of anilines is 1. The van der Waals surface area contributed by atoms with Crippen LogP contribution in [0.25, 0.3) is 0 Å². The molecule has 1 aromatic heterocycles. The third-order valence-corrected chi connectivity index (χ3v) is 4.31. The van der Waals surface area contributed by atoms with Crippen LogP contribution in [0.2, 0.25) is 0 Å². The Morgan fingerprint density at radius 3 is 2.27 bits per heavy atom. The second-order valence-corrected chi connectivity index (χ2v) is 5.56. The van der Waals surface area contributed by atoms with Gasteiger partial charge in [-0.1, -0.05) is 6.42 Å². The molecule has 124 valence electrons. The minimum Gasteiger partial charge on any atom is -0.339 e. The molecule has 2 atom stereocenters. The molecule has 0 spiro atoms. The van der Waals surface area contributed by atoms with Crippen LogP contribution in [0.5, 0.6) is 0 Å². The van der Waals surface area contributed by atoms with E-state index in [0.29, 0.717) is 0 Å². The fourth-order valence-electron chi connectivity index (χ4n) is 3.11. The van der Waals surface area contributed by atoms with E-state index < -0.39 is 0 Å². The Kier molecular flexibility index (Phi) is 7.32. The molecule has 0 aromatic carbocycles. The number of nitrogens with two attached hydrogens (primary N) is 1. The van der Waals surface area contributed by atoms with E-state index >= 15 is 0 Å². The van der Waals surface area contributed by atoms with Crippen LogP contribution in [0.3, 0.4) is 0 Å². The van der Waals surface area contributed by atoms with E-state index in [9.17, 15) is 4.79 Å². The number of halogens is 2. The minimum absolute atomic E-state index is 0. The van der Waals surface area contributed by atoms with E-state index in [4.69, 9.17) is 5.73 Å². The fraction of sp³-hybridized carbons (Fsp3) is 0.643. The number of hydrogen-bond donors (Lipinski definition) is 1. The van der Waals surface area contributed by atoms with Crippen molar-refractivity contribution in [1.82, 2.24) is 14.9 Å². The van der Waals surface area contributed by atoms with Crippen molar-refractivity contribution < 1.29 is 4.79 Å². The van der Waals surface area contributed by atoms with Crippen LogP contribution in [0.1, 0.15) is 19.3 Å². The summed E-state index contributed by atoms with van der Waals surface area (Å²) >= 11 is 0. The zero-order chi connectivity index (χ0) is 13.9. The monoisotopic (exact) mass is 347 g/mol. The van der Waals surface area contributed by atoms with Crippen molar-refractivity contribution in [2.75, 3.05) is 31.1 Å². The predicted octanol–water partition coefficient (Wildman–Crippen LogP) is 1.10. The number of rotatable bonds is 2. The molecule has 1 saturated carbocycles. The Hall–Kier alpha value is -1.11. The highest BCUT2D eigenvalue weighted by Crippen LogP contribution is 2.26. The van der Waals surface area contributed by atoms with Gasteiger partial charge in [-0.05, 0) is 18.9 Å². The number of carbonyl (C=O) groups is 1. The van der Waals surface area contributed by atoms with Gasteiger partial charge in [0, 0.05) is 44.6 Å². The van der Waals surface area contributed by atoms with Crippen LogP contribution in [0, 0.1) is 5.92 Å². The quantitative estimate of drug-likeness (QED) is 0.866. The Morgan fingerprint density at radius 1 is 1.09 bits per heavy atom. The standard InChI is InChI=1S/C14H21N5O.2ClH/c15-12-4-1-3-11(12)13(20)18-7-9-19(10-8-18)14-16-5-2-6-17-14;;/h2,5-6,11-12H,1,3-4,7-10,15H2;2*1H. The van der Waals surface area contributed by atoms with Gasteiger partial charge < -0.3 is 15.5 Å². The summed E-state index contributed by atoms with van der Waals surface area (Å²) in [6, 6.07) is 1.86. The third kappa shape index (κ3) is 4.00. The first-order valence-electron chi connectivity index (χ1n) is 7.32. The molecule has 8 heteroatoms. The van der Waals surface area contributed by atoms with Crippen molar-refractivity contribution in [3.05, 3.63) is 18.5 Å². The lowest BCUT2D eigenvalue weighted by molar-refractivity contribution is -0.136. The largest absolute Gasteiger partial charge is 0.339 e. The van der Waals surface area contributed by atoms with Gasteiger partial charge in [0.05, 0.1) is 5.92 Å². The summed E-state index contributed by atoms with van der Waals surface area (Å²) < 4.78 is 0. The SMILES string of the molecule is Cl.Cl.NC1CCCC1C(=O)N1CCN(c2ncccn2)CC1. The van der Waals surface area contributed by atoms with E-state index in [-0.39, 0.29) is 42.7 Å². The van der Waals surface area contributed by atoms with Gasteiger partial charge in [0.15, 0.2) is 0 Å². The molecular weight excluding hydrogens is 325 g/mol. The molecule has 0 bridgehead atoms. The normalized spacial score (nSPS) is 24.4. The first kappa shape index (κ1) is 18.9. The second kappa shape index (κ2) is 8.50. The van der Waals surface area contributed by atoms with E-state index in [1.807, 2.05) is 11.0 Å². The lowest BCUT2D eigenvalue weighted by atomic mass is 10.0. The Labute approximate surface area is 143 Å². The Morgan fingerprint density at radius 2 is 1.73 bits per heavy atom. The van der Waals surface area contributed by atoms with Crippen molar-refractivity contribution in [3.8, 4) is 0 Å². The maximum absolute atomic E-state index is 12.5. The maximum atomic E-state index is 12.5. The molecule has 3 rings (SSSR count). The van der Waals surface area contributed by atoms with Gasteiger partial charge in [0.2, 0.25) is 11.9 Å². The molecule has 1 aromatic rings. The van der Waals surface area contributed by atoms with Gasteiger partial charge in [0.25, 0.3) is 0 Å². The smallest absolute Gasteiger partial charge is 0.227 e. The summed E-state index contributed by atoms with van der Waals surface area (Å²) in [7, 11) is 0. The molecule has 1 amide bonds. The average molecular weight is 348 g/mol. The van der Waals surface area contributed by atoms with E-state index in [1.165, 1.54) is 0 Å². The van der Waals surface area contributed by atoms with Crippen molar-refractivity contribution in [3.63, 3.8) is 0 Å². The highest BCUT2D eigenvalue weighted by Gasteiger charge is 2.34. The molecule has 1 aliphatic carbocycles. The fourth-order valence-corrected chi connectivity index (χ4v) is 3.11. The molecule has 22 heavy (non-hydrogen) atoms. The van der Waals surface area contributed by atoms with Gasteiger partial charge >= 0.3 is 0 Å². The molecule has 2 fully saturated rings. The number of hydrogen-bond acceptors (Lipinski definition) is 5. The zero-order valence-corrected chi connectivity index (χ0v) is 14.1. The van der Waals surface area contributed by atoms with E-state index in [2.05, 4.69) is 14.9 Å². The molecular formula is C14H23Cl2N5O. The van der Waals surface area contributed by atoms with Crippen LogP contribution in [-0.2, 0) is 4.79 Å². The van der Waals surface area contributed by atoms with Crippen LogP contribution >= 0.6 is 24.8 Å². The van der Waals surface area contributed by atoms with Gasteiger partial charge in [-0.25, -0.2) is 9.97 Å². The predicted molar refractivity (Wildman–Crippen MR) is 90.6 cm³/mol. The van der Waals surface area contributed by atoms with Crippen molar-refractivity contribution >= 4 is 36.7 Å². The summed E-state index contributed by atoms with van der Waals surface area (Å²) in [6.45, 7) is 3.05. The third-order valence-electron chi connectivity index (χ3n) is 4.31. The topological polar surface area (TPSA) is 75.4 Å². The minimum atomic E-state index is 0. The molecule has 2 heterocycles. The molecule has 0 radical (unpaired) electrons.